The van der Waals surface area contributed by atoms with Gasteiger partial charge in [0.2, 0.25) is 0 Å². The molecule has 0 aliphatic rings. The normalized spacial score (nSPS) is 10.3. The number of aryl methyl sites for hydroxylation is 1. The Morgan fingerprint density at radius 1 is 1.00 bits per heavy atom. The molecule has 0 spiro atoms. The SMILES string of the molecule is Cc1cccc(Nc2ncccc2N)c1C(=O)c1ccccc1. The molecule has 0 aliphatic heterocycles. The van der Waals surface area contributed by atoms with E-state index in [1.807, 2.05) is 55.5 Å². The number of nitrogens with one attached hydrogen (secondary N) is 1. The molecule has 0 saturated heterocycles. The minimum absolute atomic E-state index is 0.0271. The summed E-state index contributed by atoms with van der Waals surface area (Å²) in [6.07, 6.45) is 1.66. The lowest BCUT2D eigenvalue weighted by Crippen LogP contribution is -2.09. The van der Waals surface area contributed by atoms with Gasteiger partial charge in [0.05, 0.1) is 11.4 Å². The predicted molar refractivity (Wildman–Crippen MR) is 93.0 cm³/mol. The molecule has 0 amide bonds. The molecule has 0 aliphatic carbocycles. The molecule has 2 aromatic carbocycles. The smallest absolute Gasteiger partial charge is 0.195 e. The maximum absolute atomic E-state index is 12.9. The molecule has 0 saturated carbocycles. The summed E-state index contributed by atoms with van der Waals surface area (Å²) in [7, 11) is 0. The van der Waals surface area contributed by atoms with E-state index in [4.69, 9.17) is 5.73 Å². The second kappa shape index (κ2) is 6.32. The van der Waals surface area contributed by atoms with Gasteiger partial charge < -0.3 is 11.1 Å². The van der Waals surface area contributed by atoms with Crippen LogP contribution in [0.5, 0.6) is 0 Å². The molecule has 0 atom stereocenters. The summed E-state index contributed by atoms with van der Waals surface area (Å²) in [6, 6.07) is 18.4. The number of anilines is 3. The lowest BCUT2D eigenvalue weighted by atomic mass is 9.97. The number of nitrogens with zero attached hydrogens (tertiary/aromatic N) is 1. The highest BCUT2D eigenvalue weighted by atomic mass is 16.1. The number of nitrogens with two attached hydrogens (primary N) is 1. The topological polar surface area (TPSA) is 68.0 Å². The van der Waals surface area contributed by atoms with Crippen LogP contribution in [0.1, 0.15) is 21.5 Å². The molecular weight excluding hydrogens is 286 g/mol. The van der Waals surface area contributed by atoms with Crippen molar-refractivity contribution in [1.82, 2.24) is 4.98 Å². The van der Waals surface area contributed by atoms with E-state index in [-0.39, 0.29) is 5.78 Å². The van der Waals surface area contributed by atoms with E-state index in [1.165, 1.54) is 0 Å². The number of hydrogen-bond donors (Lipinski definition) is 2. The van der Waals surface area contributed by atoms with Gasteiger partial charge in [0.25, 0.3) is 0 Å². The maximum Gasteiger partial charge on any atom is 0.195 e. The van der Waals surface area contributed by atoms with Gasteiger partial charge >= 0.3 is 0 Å². The van der Waals surface area contributed by atoms with Crippen molar-refractivity contribution in [3.8, 4) is 0 Å². The third-order valence-corrected chi connectivity index (χ3v) is 3.63. The molecule has 0 bridgehead atoms. The molecule has 1 heterocycles. The first-order valence-corrected chi connectivity index (χ1v) is 7.33. The molecule has 0 radical (unpaired) electrons. The first-order valence-electron chi connectivity index (χ1n) is 7.33. The molecular formula is C19H17N3O. The zero-order valence-electron chi connectivity index (χ0n) is 12.8. The van der Waals surface area contributed by atoms with Crippen molar-refractivity contribution in [2.75, 3.05) is 11.1 Å². The largest absolute Gasteiger partial charge is 0.396 e. The molecule has 0 fully saturated rings. The average molecular weight is 303 g/mol. The second-order valence-corrected chi connectivity index (χ2v) is 5.26. The van der Waals surface area contributed by atoms with Gasteiger partial charge in [-0.3, -0.25) is 4.79 Å². The predicted octanol–water partition coefficient (Wildman–Crippen LogP) is 3.95. The fourth-order valence-corrected chi connectivity index (χ4v) is 2.46. The van der Waals surface area contributed by atoms with Crippen molar-refractivity contribution in [2.45, 2.75) is 6.92 Å². The number of hydrogen-bond acceptors (Lipinski definition) is 4. The highest BCUT2D eigenvalue weighted by molar-refractivity contribution is 6.13. The molecule has 3 aromatic rings. The van der Waals surface area contributed by atoms with Crippen LogP contribution < -0.4 is 11.1 Å². The Labute approximate surface area is 135 Å². The van der Waals surface area contributed by atoms with Crippen LogP contribution in [0.4, 0.5) is 17.2 Å². The Balaban J connectivity index is 2.04. The van der Waals surface area contributed by atoms with Crippen LogP contribution in [0.2, 0.25) is 0 Å². The van der Waals surface area contributed by atoms with Gasteiger partial charge in [-0.1, -0.05) is 42.5 Å². The highest BCUT2D eigenvalue weighted by Crippen LogP contribution is 2.27. The zero-order valence-corrected chi connectivity index (χ0v) is 12.8. The minimum atomic E-state index is -0.0271. The molecule has 1 aromatic heterocycles. The molecule has 3 N–H and O–H groups in total. The van der Waals surface area contributed by atoms with E-state index < -0.39 is 0 Å². The first kappa shape index (κ1) is 14.8. The number of benzene rings is 2. The summed E-state index contributed by atoms with van der Waals surface area (Å²) in [6.45, 7) is 1.92. The Morgan fingerprint density at radius 2 is 1.78 bits per heavy atom. The quantitative estimate of drug-likeness (QED) is 0.716. The van der Waals surface area contributed by atoms with E-state index in [1.54, 1.807) is 18.3 Å². The number of ketones is 1. The summed E-state index contributed by atoms with van der Waals surface area (Å²) < 4.78 is 0. The van der Waals surface area contributed by atoms with Gasteiger partial charge in [0.15, 0.2) is 11.6 Å². The lowest BCUT2D eigenvalue weighted by molar-refractivity contribution is 0.103. The fraction of sp³-hybridized carbons (Fsp3) is 0.0526. The number of carbonyl (C=O) groups excluding carboxylic acids is 1. The Morgan fingerprint density at radius 3 is 2.52 bits per heavy atom. The fourth-order valence-electron chi connectivity index (χ4n) is 2.46. The van der Waals surface area contributed by atoms with Crippen molar-refractivity contribution in [2.24, 2.45) is 0 Å². The van der Waals surface area contributed by atoms with Gasteiger partial charge in [-0.2, -0.15) is 0 Å². The summed E-state index contributed by atoms with van der Waals surface area (Å²) in [5.74, 6) is 0.515. The van der Waals surface area contributed by atoms with Crippen LogP contribution in [0.25, 0.3) is 0 Å². The Bertz CT molecular complexity index is 844. The van der Waals surface area contributed by atoms with E-state index in [0.29, 0.717) is 28.3 Å². The van der Waals surface area contributed by atoms with E-state index in [2.05, 4.69) is 10.3 Å². The van der Waals surface area contributed by atoms with Crippen LogP contribution in [0.3, 0.4) is 0 Å². The van der Waals surface area contributed by atoms with Gasteiger partial charge in [0, 0.05) is 17.3 Å². The first-order chi connectivity index (χ1) is 11.2. The molecule has 4 heteroatoms. The second-order valence-electron chi connectivity index (χ2n) is 5.26. The maximum atomic E-state index is 12.9. The van der Waals surface area contributed by atoms with Gasteiger partial charge in [-0.05, 0) is 30.7 Å². The van der Waals surface area contributed by atoms with Crippen molar-refractivity contribution in [3.63, 3.8) is 0 Å². The van der Waals surface area contributed by atoms with Crippen molar-refractivity contribution < 1.29 is 4.79 Å². The zero-order chi connectivity index (χ0) is 16.2. The monoisotopic (exact) mass is 303 g/mol. The van der Waals surface area contributed by atoms with E-state index in [0.717, 1.165) is 5.56 Å². The average Bonchev–Trinajstić information content (AvgIpc) is 2.57. The highest BCUT2D eigenvalue weighted by Gasteiger charge is 2.16. The molecule has 114 valence electrons. The van der Waals surface area contributed by atoms with Crippen LogP contribution in [0.15, 0.2) is 66.9 Å². The van der Waals surface area contributed by atoms with Gasteiger partial charge in [-0.15, -0.1) is 0 Å². The van der Waals surface area contributed by atoms with Crippen LogP contribution in [-0.4, -0.2) is 10.8 Å². The third kappa shape index (κ3) is 3.06. The van der Waals surface area contributed by atoms with Crippen molar-refractivity contribution in [1.29, 1.82) is 0 Å². The summed E-state index contributed by atoms with van der Waals surface area (Å²) in [4.78, 5) is 17.1. The van der Waals surface area contributed by atoms with Crippen molar-refractivity contribution >= 4 is 23.0 Å². The van der Waals surface area contributed by atoms with Gasteiger partial charge in [-0.25, -0.2) is 4.98 Å². The van der Waals surface area contributed by atoms with Crippen LogP contribution in [0, 0.1) is 6.92 Å². The Hall–Kier alpha value is -3.14. The number of carbonyl (C=O) groups is 1. The molecule has 0 unspecified atom stereocenters. The minimum Gasteiger partial charge on any atom is -0.396 e. The van der Waals surface area contributed by atoms with Crippen molar-refractivity contribution in [3.05, 3.63) is 83.6 Å². The number of rotatable bonds is 4. The third-order valence-electron chi connectivity index (χ3n) is 3.63. The molecule has 3 rings (SSSR count). The molecule has 23 heavy (non-hydrogen) atoms. The summed E-state index contributed by atoms with van der Waals surface area (Å²) in [5, 5.41) is 3.18. The van der Waals surface area contributed by atoms with Crippen LogP contribution in [-0.2, 0) is 0 Å². The number of aromatic nitrogens is 1. The van der Waals surface area contributed by atoms with E-state index >= 15 is 0 Å². The summed E-state index contributed by atoms with van der Waals surface area (Å²) in [5.41, 5.74) is 9.35. The van der Waals surface area contributed by atoms with Gasteiger partial charge in [0.1, 0.15) is 0 Å². The Kier molecular flexibility index (Phi) is 4.06. The lowest BCUT2D eigenvalue weighted by Gasteiger charge is -2.14. The number of nitrogen functional groups attached to an aromatic ring is 1. The van der Waals surface area contributed by atoms with E-state index in [9.17, 15) is 4.79 Å². The molecule has 4 nitrogen and oxygen atoms in total. The summed E-state index contributed by atoms with van der Waals surface area (Å²) >= 11 is 0. The van der Waals surface area contributed by atoms with Crippen LogP contribution >= 0.6 is 0 Å². The number of pyridine rings is 1. The standard InChI is InChI=1S/C19H17N3O/c1-13-7-5-11-16(22-19-15(20)10-6-12-21-19)17(13)18(23)14-8-3-2-4-9-14/h2-12H,20H2,1H3,(H,21,22).